The first kappa shape index (κ1) is 18.0. The highest BCUT2D eigenvalue weighted by Gasteiger charge is 2.37. The Bertz CT molecular complexity index is 1130. The molecule has 1 saturated heterocycles. The topological polar surface area (TPSA) is 51.0 Å². The second-order valence-corrected chi connectivity index (χ2v) is 7.94. The molecular weight excluding hydrogens is 367 g/mol. The van der Waals surface area contributed by atoms with Gasteiger partial charge in [-0.1, -0.05) is 24.3 Å². The molecule has 3 heterocycles. The molecule has 5 rings (SSSR count). The van der Waals surface area contributed by atoms with Crippen LogP contribution in [0.25, 0.3) is 11.3 Å². The molecule has 0 N–H and O–H groups in total. The van der Waals surface area contributed by atoms with Gasteiger partial charge in [0.25, 0.3) is 5.56 Å². The standard InChI is InChI=1S/C23H23FN4O/c1-27-22(29)13-20(18-10-11-25-14-19(18)24)26-23(27)28-12-4-7-17-16-6-3-2-5-15(16)8-9-21(17)28/h2-3,5-6,10-11,13-14,17,21H,4,7-9,12H2,1H3/t17-,21-/m0/s1. The van der Waals surface area contributed by atoms with Crippen LogP contribution in [0.2, 0.25) is 0 Å². The van der Waals surface area contributed by atoms with E-state index in [0.29, 0.717) is 29.2 Å². The van der Waals surface area contributed by atoms with Crippen LogP contribution in [0.3, 0.4) is 0 Å². The highest BCUT2D eigenvalue weighted by molar-refractivity contribution is 5.60. The molecule has 0 amide bonds. The van der Waals surface area contributed by atoms with Crippen molar-refractivity contribution >= 4 is 5.95 Å². The fraction of sp³-hybridized carbons (Fsp3) is 0.348. The van der Waals surface area contributed by atoms with E-state index in [1.54, 1.807) is 17.7 Å². The van der Waals surface area contributed by atoms with Gasteiger partial charge in [0.05, 0.1) is 11.9 Å². The molecule has 1 aliphatic carbocycles. The molecule has 0 radical (unpaired) electrons. The van der Waals surface area contributed by atoms with Crippen LogP contribution in [-0.4, -0.2) is 27.1 Å². The van der Waals surface area contributed by atoms with Gasteiger partial charge in [0.1, 0.15) is 0 Å². The number of aryl methyl sites for hydroxylation is 1. The molecule has 1 fully saturated rings. The van der Waals surface area contributed by atoms with Gasteiger partial charge < -0.3 is 4.90 Å². The quantitative estimate of drug-likeness (QED) is 0.670. The number of piperidine rings is 1. The van der Waals surface area contributed by atoms with Gasteiger partial charge in [0.15, 0.2) is 5.82 Å². The van der Waals surface area contributed by atoms with Gasteiger partial charge in [-0.3, -0.25) is 14.3 Å². The maximum absolute atomic E-state index is 14.3. The molecule has 0 unspecified atom stereocenters. The molecule has 2 aliphatic rings. The lowest BCUT2D eigenvalue weighted by Crippen LogP contribution is -2.48. The van der Waals surface area contributed by atoms with E-state index in [1.165, 1.54) is 23.4 Å². The highest BCUT2D eigenvalue weighted by atomic mass is 19.1. The van der Waals surface area contributed by atoms with E-state index in [-0.39, 0.29) is 5.56 Å². The maximum atomic E-state index is 14.3. The SMILES string of the molecule is Cn1c(N2CCC[C@H]3c4ccccc4CC[C@@H]32)nc(-c2ccncc2F)cc1=O. The molecule has 2 atom stereocenters. The first-order valence-electron chi connectivity index (χ1n) is 10.2. The maximum Gasteiger partial charge on any atom is 0.255 e. The van der Waals surface area contributed by atoms with E-state index in [1.807, 2.05) is 0 Å². The summed E-state index contributed by atoms with van der Waals surface area (Å²) in [6.45, 7) is 0.853. The molecule has 5 nitrogen and oxygen atoms in total. The number of halogens is 1. The number of rotatable bonds is 2. The average Bonchev–Trinajstić information content (AvgIpc) is 2.75. The van der Waals surface area contributed by atoms with Gasteiger partial charge in [-0.2, -0.15) is 0 Å². The zero-order valence-electron chi connectivity index (χ0n) is 16.4. The van der Waals surface area contributed by atoms with Crippen LogP contribution in [0.1, 0.15) is 36.3 Å². The first-order chi connectivity index (χ1) is 14.1. The normalized spacial score (nSPS) is 20.8. The number of nitrogens with zero attached hydrogens (tertiary/aromatic N) is 4. The van der Waals surface area contributed by atoms with Crippen molar-refractivity contribution < 1.29 is 4.39 Å². The van der Waals surface area contributed by atoms with Gasteiger partial charge in [0, 0.05) is 43.4 Å². The van der Waals surface area contributed by atoms with Crippen LogP contribution < -0.4 is 10.5 Å². The molecular formula is C23H23FN4O. The molecule has 1 aromatic carbocycles. The lowest BCUT2D eigenvalue weighted by atomic mass is 9.74. The number of benzene rings is 1. The smallest absolute Gasteiger partial charge is 0.255 e. The van der Waals surface area contributed by atoms with Gasteiger partial charge in [0.2, 0.25) is 5.95 Å². The van der Waals surface area contributed by atoms with Crippen molar-refractivity contribution in [2.45, 2.75) is 37.6 Å². The molecule has 0 saturated carbocycles. The molecule has 0 spiro atoms. The molecule has 0 bridgehead atoms. The Kier molecular flexibility index (Phi) is 4.42. The number of fused-ring (bicyclic) bond motifs is 3. The second-order valence-electron chi connectivity index (χ2n) is 7.94. The van der Waals surface area contributed by atoms with Crippen molar-refractivity contribution in [1.82, 2.24) is 14.5 Å². The lowest BCUT2D eigenvalue weighted by molar-refractivity contribution is 0.358. The average molecular weight is 390 g/mol. The predicted molar refractivity (Wildman–Crippen MR) is 111 cm³/mol. The molecule has 3 aromatic rings. The van der Waals surface area contributed by atoms with E-state index >= 15 is 0 Å². The van der Waals surface area contributed by atoms with Gasteiger partial charge in [-0.25, -0.2) is 9.37 Å². The minimum absolute atomic E-state index is 0.181. The number of hydrogen-bond donors (Lipinski definition) is 0. The number of aromatic nitrogens is 3. The van der Waals surface area contributed by atoms with Crippen molar-refractivity contribution in [3.63, 3.8) is 0 Å². The lowest BCUT2D eigenvalue weighted by Gasteiger charge is -2.45. The van der Waals surface area contributed by atoms with Gasteiger partial charge in [-0.05, 0) is 42.9 Å². The fourth-order valence-electron chi connectivity index (χ4n) is 4.96. The third-order valence-electron chi connectivity index (χ3n) is 6.36. The van der Waals surface area contributed by atoms with Crippen molar-refractivity contribution in [1.29, 1.82) is 0 Å². The van der Waals surface area contributed by atoms with Crippen molar-refractivity contribution in [2.24, 2.45) is 7.05 Å². The third-order valence-corrected chi connectivity index (χ3v) is 6.36. The van der Waals surface area contributed by atoms with E-state index < -0.39 is 5.82 Å². The Morgan fingerprint density at radius 3 is 2.90 bits per heavy atom. The van der Waals surface area contributed by atoms with Crippen LogP contribution in [0, 0.1) is 5.82 Å². The van der Waals surface area contributed by atoms with Crippen molar-refractivity contribution in [2.75, 3.05) is 11.4 Å². The Labute approximate surface area is 168 Å². The highest BCUT2D eigenvalue weighted by Crippen LogP contribution is 2.41. The summed E-state index contributed by atoms with van der Waals surface area (Å²) in [5.74, 6) is 0.590. The van der Waals surface area contributed by atoms with Crippen LogP contribution in [-0.2, 0) is 13.5 Å². The largest absolute Gasteiger partial charge is 0.339 e. The summed E-state index contributed by atoms with van der Waals surface area (Å²) in [6, 6.07) is 12.0. The summed E-state index contributed by atoms with van der Waals surface area (Å²) in [4.78, 5) is 23.5. The Balaban J connectivity index is 1.59. The molecule has 1 aliphatic heterocycles. The van der Waals surface area contributed by atoms with E-state index in [2.05, 4.69) is 34.1 Å². The van der Waals surface area contributed by atoms with E-state index in [9.17, 15) is 9.18 Å². The van der Waals surface area contributed by atoms with Crippen LogP contribution in [0.5, 0.6) is 0 Å². The molecule has 2 aromatic heterocycles. The zero-order valence-corrected chi connectivity index (χ0v) is 16.4. The first-order valence-corrected chi connectivity index (χ1v) is 10.2. The number of pyridine rings is 1. The van der Waals surface area contributed by atoms with Gasteiger partial charge >= 0.3 is 0 Å². The van der Waals surface area contributed by atoms with E-state index in [0.717, 1.165) is 38.4 Å². The number of anilines is 1. The predicted octanol–water partition coefficient (Wildman–Crippen LogP) is 3.68. The molecule has 6 heteroatoms. The summed E-state index contributed by atoms with van der Waals surface area (Å²) < 4.78 is 15.9. The van der Waals surface area contributed by atoms with Gasteiger partial charge in [-0.15, -0.1) is 0 Å². The summed E-state index contributed by atoms with van der Waals surface area (Å²) in [5.41, 5.74) is 3.35. The summed E-state index contributed by atoms with van der Waals surface area (Å²) in [6.07, 6.45) is 6.92. The summed E-state index contributed by atoms with van der Waals surface area (Å²) in [5, 5.41) is 0. The molecule has 148 valence electrons. The fourth-order valence-corrected chi connectivity index (χ4v) is 4.96. The summed E-state index contributed by atoms with van der Waals surface area (Å²) in [7, 11) is 1.75. The van der Waals surface area contributed by atoms with Crippen LogP contribution in [0.4, 0.5) is 10.3 Å². The second kappa shape index (κ2) is 7.10. The third kappa shape index (κ3) is 3.03. The van der Waals surface area contributed by atoms with Crippen molar-refractivity contribution in [3.8, 4) is 11.3 Å². The van der Waals surface area contributed by atoms with Crippen molar-refractivity contribution in [3.05, 3.63) is 76.1 Å². The number of hydrogen-bond acceptors (Lipinski definition) is 4. The zero-order chi connectivity index (χ0) is 20.0. The Hall–Kier alpha value is -3.02. The molecule has 29 heavy (non-hydrogen) atoms. The minimum Gasteiger partial charge on any atom is -0.339 e. The minimum atomic E-state index is -0.470. The Morgan fingerprint density at radius 1 is 1.17 bits per heavy atom. The van der Waals surface area contributed by atoms with Crippen LogP contribution >= 0.6 is 0 Å². The van der Waals surface area contributed by atoms with Crippen LogP contribution in [0.15, 0.2) is 53.6 Å². The monoisotopic (exact) mass is 390 g/mol. The Morgan fingerprint density at radius 2 is 2.03 bits per heavy atom. The van der Waals surface area contributed by atoms with E-state index in [4.69, 9.17) is 4.98 Å². The summed E-state index contributed by atoms with van der Waals surface area (Å²) >= 11 is 0.